The summed E-state index contributed by atoms with van der Waals surface area (Å²) in [6, 6.07) is 3.79. The third kappa shape index (κ3) is 3.65. The van der Waals surface area contributed by atoms with Crippen LogP contribution in [0.15, 0.2) is 18.2 Å². The molecule has 0 aliphatic heterocycles. The van der Waals surface area contributed by atoms with Crippen molar-refractivity contribution in [2.24, 2.45) is 0 Å². The van der Waals surface area contributed by atoms with Crippen LogP contribution in [0.2, 0.25) is 0 Å². The number of nitrogens with two attached hydrogens (primary N) is 1. The number of benzene rings is 1. The maximum Gasteiger partial charge on any atom is 0.270 e. The van der Waals surface area contributed by atoms with E-state index in [0.717, 1.165) is 0 Å². The van der Waals surface area contributed by atoms with Crippen molar-refractivity contribution in [3.05, 3.63) is 33.9 Å². The lowest BCUT2D eigenvalue weighted by Gasteiger charge is -2.21. The summed E-state index contributed by atoms with van der Waals surface area (Å²) in [4.78, 5) is 23.8. The van der Waals surface area contributed by atoms with Gasteiger partial charge in [-0.3, -0.25) is 14.9 Å². The van der Waals surface area contributed by atoms with E-state index in [4.69, 9.17) is 10.8 Å². The molecule has 0 unspecified atom stereocenters. The van der Waals surface area contributed by atoms with Gasteiger partial charge in [-0.05, 0) is 19.4 Å². The van der Waals surface area contributed by atoms with Gasteiger partial charge < -0.3 is 15.7 Å². The lowest BCUT2D eigenvalue weighted by Crippen LogP contribution is -2.32. The maximum absolute atomic E-state index is 12.2. The lowest BCUT2D eigenvalue weighted by molar-refractivity contribution is -0.384. The number of rotatable bonds is 6. The van der Waals surface area contributed by atoms with E-state index in [0.29, 0.717) is 19.5 Å². The first-order chi connectivity index (χ1) is 9.01. The van der Waals surface area contributed by atoms with Gasteiger partial charge in [0, 0.05) is 37.5 Å². The van der Waals surface area contributed by atoms with Crippen LogP contribution in [-0.2, 0) is 0 Å². The van der Waals surface area contributed by atoms with Crippen LogP contribution in [0.5, 0.6) is 0 Å². The highest BCUT2D eigenvalue weighted by atomic mass is 16.6. The molecular formula is C12H17N3O4. The molecule has 0 aliphatic carbocycles. The number of nitrogens with zero attached hydrogens (tertiary/aromatic N) is 2. The third-order valence-corrected chi connectivity index (χ3v) is 2.73. The molecule has 7 nitrogen and oxygen atoms in total. The van der Waals surface area contributed by atoms with Crippen molar-refractivity contribution in [2.45, 2.75) is 13.3 Å². The molecule has 1 rings (SSSR count). The molecule has 0 aromatic heterocycles. The number of nitro groups is 1. The van der Waals surface area contributed by atoms with Crippen LogP contribution in [0, 0.1) is 10.1 Å². The number of carbonyl (C=O) groups excluding carboxylic acids is 1. The first kappa shape index (κ1) is 14.9. The summed E-state index contributed by atoms with van der Waals surface area (Å²) in [6.45, 7) is 2.60. The van der Waals surface area contributed by atoms with E-state index in [2.05, 4.69) is 0 Å². The summed E-state index contributed by atoms with van der Waals surface area (Å²) in [6.07, 6.45) is 0.453. The average molecular weight is 267 g/mol. The topological polar surface area (TPSA) is 110 Å². The minimum Gasteiger partial charge on any atom is -0.398 e. The fourth-order valence-electron chi connectivity index (χ4n) is 1.68. The Labute approximate surface area is 110 Å². The molecule has 0 spiro atoms. The van der Waals surface area contributed by atoms with Crippen molar-refractivity contribution < 1.29 is 14.8 Å². The number of amides is 1. The SMILES string of the molecule is CCN(CCCO)C(=O)c1cc([N+](=O)[O-])ccc1N. The predicted octanol–water partition coefficient (Wildman–Crippen LogP) is 1.02. The second kappa shape index (κ2) is 6.69. The van der Waals surface area contributed by atoms with Crippen LogP contribution in [-0.4, -0.2) is 40.5 Å². The Hall–Kier alpha value is -2.15. The predicted molar refractivity (Wildman–Crippen MR) is 70.8 cm³/mol. The molecule has 0 heterocycles. The molecule has 19 heavy (non-hydrogen) atoms. The summed E-state index contributed by atoms with van der Waals surface area (Å²) < 4.78 is 0. The van der Waals surface area contributed by atoms with Gasteiger partial charge >= 0.3 is 0 Å². The summed E-state index contributed by atoms with van der Waals surface area (Å²) in [7, 11) is 0. The van der Waals surface area contributed by atoms with Crippen LogP contribution in [0.4, 0.5) is 11.4 Å². The average Bonchev–Trinajstić information content (AvgIpc) is 2.39. The lowest BCUT2D eigenvalue weighted by atomic mass is 10.1. The minimum atomic E-state index is -0.569. The van der Waals surface area contributed by atoms with Gasteiger partial charge in [0.2, 0.25) is 0 Å². The molecular weight excluding hydrogens is 250 g/mol. The highest BCUT2D eigenvalue weighted by Crippen LogP contribution is 2.21. The molecule has 0 saturated carbocycles. The van der Waals surface area contributed by atoms with Crippen molar-refractivity contribution in [1.82, 2.24) is 4.90 Å². The number of non-ortho nitro benzene ring substituents is 1. The quantitative estimate of drug-likeness (QED) is 0.454. The highest BCUT2D eigenvalue weighted by Gasteiger charge is 2.19. The van der Waals surface area contributed by atoms with E-state index in [1.54, 1.807) is 6.92 Å². The number of hydrogen-bond acceptors (Lipinski definition) is 5. The van der Waals surface area contributed by atoms with Crippen molar-refractivity contribution in [3.8, 4) is 0 Å². The van der Waals surface area contributed by atoms with E-state index in [1.807, 2.05) is 0 Å². The van der Waals surface area contributed by atoms with Gasteiger partial charge in [0.05, 0.1) is 10.5 Å². The van der Waals surface area contributed by atoms with Gasteiger partial charge in [0.15, 0.2) is 0 Å². The number of aliphatic hydroxyl groups is 1. The molecule has 0 radical (unpaired) electrons. The van der Waals surface area contributed by atoms with Crippen molar-refractivity contribution in [3.63, 3.8) is 0 Å². The Morgan fingerprint density at radius 1 is 1.53 bits per heavy atom. The molecule has 0 saturated heterocycles. The summed E-state index contributed by atoms with van der Waals surface area (Å²) in [5, 5.41) is 19.5. The number of nitro benzene ring substituents is 1. The fourth-order valence-corrected chi connectivity index (χ4v) is 1.68. The number of aliphatic hydroxyl groups excluding tert-OH is 1. The number of nitrogen functional groups attached to an aromatic ring is 1. The van der Waals surface area contributed by atoms with Crippen molar-refractivity contribution >= 4 is 17.3 Å². The Morgan fingerprint density at radius 2 is 2.21 bits per heavy atom. The smallest absolute Gasteiger partial charge is 0.270 e. The second-order valence-corrected chi connectivity index (χ2v) is 3.99. The van der Waals surface area contributed by atoms with Crippen LogP contribution in [0.25, 0.3) is 0 Å². The van der Waals surface area contributed by atoms with Crippen molar-refractivity contribution in [1.29, 1.82) is 0 Å². The van der Waals surface area contributed by atoms with E-state index < -0.39 is 4.92 Å². The summed E-state index contributed by atoms with van der Waals surface area (Å²) in [5.41, 5.74) is 5.85. The van der Waals surface area contributed by atoms with Gasteiger partial charge in [-0.1, -0.05) is 0 Å². The van der Waals surface area contributed by atoms with Crippen LogP contribution in [0.3, 0.4) is 0 Å². The zero-order valence-corrected chi connectivity index (χ0v) is 10.7. The first-order valence-electron chi connectivity index (χ1n) is 5.95. The van der Waals surface area contributed by atoms with Crippen LogP contribution < -0.4 is 5.73 Å². The normalized spacial score (nSPS) is 10.2. The molecule has 104 valence electrons. The number of anilines is 1. The molecule has 0 bridgehead atoms. The highest BCUT2D eigenvalue weighted by molar-refractivity contribution is 5.99. The van der Waals surface area contributed by atoms with Crippen LogP contribution in [0.1, 0.15) is 23.7 Å². The number of hydrogen-bond donors (Lipinski definition) is 2. The zero-order valence-electron chi connectivity index (χ0n) is 10.7. The Morgan fingerprint density at radius 3 is 2.74 bits per heavy atom. The van der Waals surface area contributed by atoms with Gasteiger partial charge in [-0.15, -0.1) is 0 Å². The molecule has 7 heteroatoms. The third-order valence-electron chi connectivity index (χ3n) is 2.73. The maximum atomic E-state index is 12.2. The number of carbonyl (C=O) groups is 1. The van der Waals surface area contributed by atoms with Gasteiger partial charge in [-0.2, -0.15) is 0 Å². The minimum absolute atomic E-state index is 0.0196. The molecule has 1 amide bonds. The first-order valence-corrected chi connectivity index (χ1v) is 5.95. The Balaban J connectivity index is 3.02. The van der Waals surface area contributed by atoms with Gasteiger partial charge in [0.25, 0.3) is 11.6 Å². The summed E-state index contributed by atoms with van der Waals surface area (Å²) in [5.74, 6) is -0.364. The molecule has 3 N–H and O–H groups in total. The summed E-state index contributed by atoms with van der Waals surface area (Å²) >= 11 is 0. The Bertz CT molecular complexity index is 476. The fraction of sp³-hybridized carbons (Fsp3) is 0.417. The van der Waals surface area contributed by atoms with Gasteiger partial charge in [0.1, 0.15) is 0 Å². The molecule has 1 aromatic carbocycles. The van der Waals surface area contributed by atoms with E-state index >= 15 is 0 Å². The largest absolute Gasteiger partial charge is 0.398 e. The van der Waals surface area contributed by atoms with E-state index in [1.165, 1.54) is 23.1 Å². The molecule has 1 aromatic rings. The second-order valence-electron chi connectivity index (χ2n) is 3.99. The van der Waals surface area contributed by atoms with E-state index in [-0.39, 0.29) is 29.5 Å². The molecule has 0 fully saturated rings. The Kier molecular flexibility index (Phi) is 5.25. The van der Waals surface area contributed by atoms with Crippen molar-refractivity contribution in [2.75, 3.05) is 25.4 Å². The standard InChI is InChI=1S/C12H17N3O4/c1-2-14(6-3-7-16)12(17)10-8-9(15(18)19)4-5-11(10)13/h4-5,8,16H,2-3,6-7,13H2,1H3. The molecule has 0 aliphatic rings. The zero-order chi connectivity index (χ0) is 14.4. The van der Waals surface area contributed by atoms with Crippen LogP contribution >= 0.6 is 0 Å². The monoisotopic (exact) mass is 267 g/mol. The van der Waals surface area contributed by atoms with E-state index in [9.17, 15) is 14.9 Å². The van der Waals surface area contributed by atoms with Gasteiger partial charge in [-0.25, -0.2) is 0 Å². The molecule has 0 atom stereocenters.